The van der Waals surface area contributed by atoms with Crippen molar-refractivity contribution >= 4 is 12.0 Å². The van der Waals surface area contributed by atoms with E-state index in [0.717, 1.165) is 0 Å². The average molecular weight is 318 g/mol. The minimum atomic E-state index is -0.672. The number of aromatic nitrogens is 2. The van der Waals surface area contributed by atoms with Gasteiger partial charge in [-0.1, -0.05) is 12.1 Å². The van der Waals surface area contributed by atoms with Crippen LogP contribution in [-0.4, -0.2) is 40.9 Å². The molecule has 3 N–H and O–H groups in total. The van der Waals surface area contributed by atoms with Crippen molar-refractivity contribution in [3.8, 4) is 11.3 Å². The summed E-state index contributed by atoms with van der Waals surface area (Å²) < 4.78 is 18.7. The summed E-state index contributed by atoms with van der Waals surface area (Å²) >= 11 is 0. The van der Waals surface area contributed by atoms with E-state index >= 15 is 0 Å². The molecule has 1 fully saturated rings. The standard InChI is InChI=1S/C15H15FN4O3/c1-15(8-23-14(22)19-15)7-17-13(21)10-6-18-20-12(10)9-4-2-3-5-11(9)16/h2-6H,7-8H2,1H3,(H,17,21)(H,18,20)(H,19,22). The molecule has 0 spiro atoms. The number of halogens is 1. The number of amides is 2. The highest BCUT2D eigenvalue weighted by atomic mass is 19.1. The van der Waals surface area contributed by atoms with Crippen molar-refractivity contribution in [2.75, 3.05) is 13.2 Å². The minimum Gasteiger partial charge on any atom is -0.447 e. The molecule has 0 saturated carbocycles. The monoisotopic (exact) mass is 318 g/mol. The fourth-order valence-electron chi connectivity index (χ4n) is 2.34. The van der Waals surface area contributed by atoms with Gasteiger partial charge in [0.15, 0.2) is 0 Å². The van der Waals surface area contributed by atoms with Gasteiger partial charge in [0.05, 0.1) is 23.0 Å². The van der Waals surface area contributed by atoms with Gasteiger partial charge in [0.1, 0.15) is 12.4 Å². The maximum absolute atomic E-state index is 13.9. The average Bonchev–Trinajstić information content (AvgIpc) is 3.13. The Kier molecular flexibility index (Phi) is 3.73. The van der Waals surface area contributed by atoms with Crippen LogP contribution in [0.3, 0.4) is 0 Å². The highest BCUT2D eigenvalue weighted by molar-refractivity contribution is 5.99. The molecule has 1 aliphatic heterocycles. The van der Waals surface area contributed by atoms with Crippen molar-refractivity contribution < 1.29 is 18.7 Å². The fraction of sp³-hybridized carbons (Fsp3) is 0.267. The summed E-state index contributed by atoms with van der Waals surface area (Å²) in [6.45, 7) is 2.10. The molecule has 1 aromatic carbocycles. The molecule has 2 heterocycles. The van der Waals surface area contributed by atoms with Crippen molar-refractivity contribution in [3.05, 3.63) is 41.8 Å². The van der Waals surface area contributed by atoms with Crippen LogP contribution in [0.15, 0.2) is 30.5 Å². The Balaban J connectivity index is 1.76. The van der Waals surface area contributed by atoms with Crippen LogP contribution in [-0.2, 0) is 4.74 Å². The highest BCUT2D eigenvalue weighted by Gasteiger charge is 2.35. The zero-order valence-corrected chi connectivity index (χ0v) is 12.4. The van der Waals surface area contributed by atoms with E-state index in [0.29, 0.717) is 5.69 Å². The summed E-state index contributed by atoms with van der Waals surface area (Å²) in [7, 11) is 0. The van der Waals surface area contributed by atoms with Crippen LogP contribution in [0.2, 0.25) is 0 Å². The lowest BCUT2D eigenvalue weighted by atomic mass is 10.0. The number of alkyl carbamates (subject to hydrolysis) is 1. The topological polar surface area (TPSA) is 96.1 Å². The summed E-state index contributed by atoms with van der Waals surface area (Å²) in [5.41, 5.74) is 0.120. The van der Waals surface area contributed by atoms with Crippen molar-refractivity contribution in [1.82, 2.24) is 20.8 Å². The second kappa shape index (κ2) is 5.71. The lowest BCUT2D eigenvalue weighted by Gasteiger charge is -2.21. The first-order valence-corrected chi connectivity index (χ1v) is 7.00. The van der Waals surface area contributed by atoms with Crippen LogP contribution in [0.25, 0.3) is 11.3 Å². The number of ether oxygens (including phenoxy) is 1. The van der Waals surface area contributed by atoms with E-state index in [4.69, 9.17) is 4.74 Å². The summed E-state index contributed by atoms with van der Waals surface area (Å²) in [5, 5.41) is 11.8. The molecule has 1 atom stereocenters. The van der Waals surface area contributed by atoms with Crippen LogP contribution < -0.4 is 10.6 Å². The molecular formula is C15H15FN4O3. The zero-order chi connectivity index (χ0) is 16.4. The number of benzene rings is 1. The summed E-state index contributed by atoms with van der Waals surface area (Å²) in [4.78, 5) is 23.5. The summed E-state index contributed by atoms with van der Waals surface area (Å²) in [5.74, 6) is -0.867. The Labute approximate surface area is 131 Å². The van der Waals surface area contributed by atoms with Crippen molar-refractivity contribution in [2.24, 2.45) is 0 Å². The van der Waals surface area contributed by atoms with Crippen LogP contribution in [0.1, 0.15) is 17.3 Å². The third-order valence-electron chi connectivity index (χ3n) is 3.59. The Hall–Kier alpha value is -2.90. The maximum atomic E-state index is 13.9. The number of aromatic amines is 1. The molecule has 0 aliphatic carbocycles. The third kappa shape index (κ3) is 3.01. The van der Waals surface area contributed by atoms with E-state index in [-0.39, 0.29) is 24.3 Å². The van der Waals surface area contributed by atoms with Gasteiger partial charge in [0, 0.05) is 12.1 Å². The van der Waals surface area contributed by atoms with Gasteiger partial charge in [-0.15, -0.1) is 0 Å². The number of rotatable bonds is 4. The van der Waals surface area contributed by atoms with Gasteiger partial charge in [-0.05, 0) is 19.1 Å². The zero-order valence-electron chi connectivity index (χ0n) is 12.4. The first-order chi connectivity index (χ1) is 11.0. The molecule has 2 amide bonds. The van der Waals surface area contributed by atoms with Gasteiger partial charge in [-0.2, -0.15) is 5.10 Å². The van der Waals surface area contributed by atoms with E-state index in [9.17, 15) is 14.0 Å². The van der Waals surface area contributed by atoms with Crippen molar-refractivity contribution in [3.63, 3.8) is 0 Å². The number of nitrogens with zero attached hydrogens (tertiary/aromatic N) is 1. The number of hydrogen-bond acceptors (Lipinski definition) is 4. The third-order valence-corrected chi connectivity index (χ3v) is 3.59. The van der Waals surface area contributed by atoms with Crippen LogP contribution >= 0.6 is 0 Å². The van der Waals surface area contributed by atoms with Gasteiger partial charge in [0.2, 0.25) is 0 Å². The lowest BCUT2D eigenvalue weighted by Crippen LogP contribution is -2.50. The molecular weight excluding hydrogens is 303 g/mol. The van der Waals surface area contributed by atoms with Crippen LogP contribution in [0.5, 0.6) is 0 Å². The van der Waals surface area contributed by atoms with Crippen molar-refractivity contribution in [2.45, 2.75) is 12.5 Å². The molecule has 1 aromatic heterocycles. The van der Waals surface area contributed by atoms with Gasteiger partial charge < -0.3 is 15.4 Å². The Morgan fingerprint density at radius 1 is 1.48 bits per heavy atom. The summed E-state index contributed by atoms with van der Waals surface area (Å²) in [6.07, 6.45) is 0.820. The van der Waals surface area contributed by atoms with E-state index in [1.165, 1.54) is 12.3 Å². The van der Waals surface area contributed by atoms with Gasteiger partial charge >= 0.3 is 6.09 Å². The number of nitrogens with one attached hydrogen (secondary N) is 3. The minimum absolute atomic E-state index is 0.164. The normalized spacial score (nSPS) is 20.0. The molecule has 2 aromatic rings. The molecule has 120 valence electrons. The van der Waals surface area contributed by atoms with Crippen molar-refractivity contribution in [1.29, 1.82) is 0 Å². The molecule has 1 unspecified atom stereocenters. The number of cyclic esters (lactones) is 1. The summed E-state index contributed by atoms with van der Waals surface area (Å²) in [6, 6.07) is 6.11. The van der Waals surface area contributed by atoms with Gasteiger partial charge in [0.25, 0.3) is 5.91 Å². The SMILES string of the molecule is CC1(CNC(=O)c2cn[nH]c2-c2ccccc2F)COC(=O)N1. The predicted octanol–water partition coefficient (Wildman–Crippen LogP) is 1.44. The predicted molar refractivity (Wildman–Crippen MR) is 79.2 cm³/mol. The van der Waals surface area contributed by atoms with Crippen LogP contribution in [0.4, 0.5) is 9.18 Å². The molecule has 1 aliphatic rings. The van der Waals surface area contributed by atoms with Gasteiger partial charge in [-0.3, -0.25) is 9.89 Å². The lowest BCUT2D eigenvalue weighted by molar-refractivity contribution is 0.0941. The Morgan fingerprint density at radius 3 is 2.96 bits per heavy atom. The molecule has 0 bridgehead atoms. The molecule has 7 nitrogen and oxygen atoms in total. The number of carbonyl (C=O) groups is 2. The Bertz CT molecular complexity index is 761. The number of H-pyrrole nitrogens is 1. The first-order valence-electron chi connectivity index (χ1n) is 7.00. The van der Waals surface area contributed by atoms with Gasteiger partial charge in [-0.25, -0.2) is 9.18 Å². The molecule has 3 rings (SSSR count). The number of hydrogen-bond donors (Lipinski definition) is 3. The smallest absolute Gasteiger partial charge is 0.407 e. The molecule has 1 saturated heterocycles. The fourth-order valence-corrected chi connectivity index (χ4v) is 2.34. The molecule has 8 heteroatoms. The van der Waals surface area contributed by atoms with E-state index in [2.05, 4.69) is 20.8 Å². The second-order valence-corrected chi connectivity index (χ2v) is 5.58. The quantitative estimate of drug-likeness (QED) is 0.795. The largest absolute Gasteiger partial charge is 0.447 e. The second-order valence-electron chi connectivity index (χ2n) is 5.58. The van der Waals surface area contributed by atoms with Crippen LogP contribution in [0, 0.1) is 5.82 Å². The first kappa shape index (κ1) is 15.0. The molecule has 0 radical (unpaired) electrons. The van der Waals surface area contributed by atoms with E-state index < -0.39 is 23.4 Å². The maximum Gasteiger partial charge on any atom is 0.407 e. The van der Waals surface area contributed by atoms with E-state index in [1.807, 2.05) is 0 Å². The number of carbonyl (C=O) groups excluding carboxylic acids is 2. The molecule has 23 heavy (non-hydrogen) atoms. The Morgan fingerprint density at radius 2 is 2.26 bits per heavy atom. The highest BCUT2D eigenvalue weighted by Crippen LogP contribution is 2.24. The van der Waals surface area contributed by atoms with E-state index in [1.54, 1.807) is 25.1 Å².